The molecule has 2 aromatic rings. The Morgan fingerprint density at radius 1 is 1.08 bits per heavy atom. The standard InChI is InChI=1S/C19H25ClN4O/c1-14-4-6-16(7-5-14)12-24-11-10-23(9-8-18(24)25)13-17-15(2)21-22(3)19(17)20/h4-7H,8-13H2,1-3H3. The molecule has 0 radical (unpaired) electrons. The fourth-order valence-corrected chi connectivity index (χ4v) is 3.46. The van der Waals surface area contributed by atoms with Crippen LogP contribution >= 0.6 is 11.6 Å². The highest BCUT2D eigenvalue weighted by Crippen LogP contribution is 2.21. The summed E-state index contributed by atoms with van der Waals surface area (Å²) in [4.78, 5) is 16.7. The van der Waals surface area contributed by atoms with Crippen molar-refractivity contribution in [3.05, 3.63) is 51.8 Å². The minimum Gasteiger partial charge on any atom is -0.337 e. The Balaban J connectivity index is 1.64. The molecule has 0 unspecified atom stereocenters. The van der Waals surface area contributed by atoms with Gasteiger partial charge in [0, 0.05) is 51.8 Å². The summed E-state index contributed by atoms with van der Waals surface area (Å²) >= 11 is 6.35. The Morgan fingerprint density at radius 3 is 2.44 bits per heavy atom. The monoisotopic (exact) mass is 360 g/mol. The first-order chi connectivity index (χ1) is 11.9. The van der Waals surface area contributed by atoms with E-state index in [1.165, 1.54) is 11.1 Å². The highest BCUT2D eigenvalue weighted by atomic mass is 35.5. The minimum absolute atomic E-state index is 0.220. The molecule has 2 heterocycles. The average Bonchev–Trinajstić information content (AvgIpc) is 2.73. The number of rotatable bonds is 4. The van der Waals surface area contributed by atoms with Crippen LogP contribution in [0.1, 0.15) is 28.8 Å². The summed E-state index contributed by atoms with van der Waals surface area (Å²) in [5.41, 5.74) is 4.43. The van der Waals surface area contributed by atoms with Crippen molar-refractivity contribution in [2.75, 3.05) is 19.6 Å². The highest BCUT2D eigenvalue weighted by molar-refractivity contribution is 6.30. The Kier molecular flexibility index (Phi) is 5.45. The zero-order valence-electron chi connectivity index (χ0n) is 15.1. The van der Waals surface area contributed by atoms with Gasteiger partial charge in [0.05, 0.1) is 5.69 Å². The molecule has 134 valence electrons. The van der Waals surface area contributed by atoms with Crippen molar-refractivity contribution in [3.8, 4) is 0 Å². The third kappa shape index (κ3) is 4.22. The molecule has 25 heavy (non-hydrogen) atoms. The van der Waals surface area contributed by atoms with Crippen molar-refractivity contribution in [3.63, 3.8) is 0 Å². The molecule has 5 nitrogen and oxygen atoms in total. The summed E-state index contributed by atoms with van der Waals surface area (Å²) in [6.45, 7) is 7.82. The lowest BCUT2D eigenvalue weighted by Gasteiger charge is -2.22. The van der Waals surface area contributed by atoms with Crippen molar-refractivity contribution < 1.29 is 4.79 Å². The number of halogens is 1. The SMILES string of the molecule is Cc1ccc(CN2CCN(Cc3c(C)nn(C)c3Cl)CCC2=O)cc1. The summed E-state index contributed by atoms with van der Waals surface area (Å²) in [5.74, 6) is 0.220. The van der Waals surface area contributed by atoms with E-state index in [-0.39, 0.29) is 5.91 Å². The minimum atomic E-state index is 0.220. The van der Waals surface area contributed by atoms with Gasteiger partial charge < -0.3 is 4.90 Å². The van der Waals surface area contributed by atoms with Crippen LogP contribution < -0.4 is 0 Å². The molecule has 1 amide bonds. The normalized spacial score (nSPS) is 16.3. The number of amides is 1. The predicted molar refractivity (Wildman–Crippen MR) is 99.4 cm³/mol. The van der Waals surface area contributed by atoms with E-state index in [1.807, 2.05) is 18.9 Å². The lowest BCUT2D eigenvalue weighted by Crippen LogP contribution is -2.32. The van der Waals surface area contributed by atoms with Gasteiger partial charge in [0.25, 0.3) is 0 Å². The van der Waals surface area contributed by atoms with Gasteiger partial charge in [0.2, 0.25) is 5.91 Å². The van der Waals surface area contributed by atoms with E-state index in [4.69, 9.17) is 11.6 Å². The molecule has 0 atom stereocenters. The molecular weight excluding hydrogens is 336 g/mol. The smallest absolute Gasteiger partial charge is 0.224 e. The summed E-state index contributed by atoms with van der Waals surface area (Å²) < 4.78 is 1.71. The molecule has 0 N–H and O–H groups in total. The van der Waals surface area contributed by atoms with Crippen molar-refractivity contribution in [1.82, 2.24) is 19.6 Å². The van der Waals surface area contributed by atoms with Crippen molar-refractivity contribution in [2.24, 2.45) is 7.05 Å². The van der Waals surface area contributed by atoms with E-state index in [2.05, 4.69) is 41.2 Å². The first kappa shape index (κ1) is 18.0. The van der Waals surface area contributed by atoms with Gasteiger partial charge in [-0.3, -0.25) is 14.4 Å². The predicted octanol–water partition coefficient (Wildman–Crippen LogP) is 2.92. The van der Waals surface area contributed by atoms with Crippen LogP contribution in [0.25, 0.3) is 0 Å². The fourth-order valence-electron chi connectivity index (χ4n) is 3.23. The Hall–Kier alpha value is -1.85. The second-order valence-electron chi connectivity index (χ2n) is 6.81. The van der Waals surface area contributed by atoms with Gasteiger partial charge in [-0.2, -0.15) is 5.10 Å². The van der Waals surface area contributed by atoms with Gasteiger partial charge in [0.1, 0.15) is 5.15 Å². The van der Waals surface area contributed by atoms with E-state index in [9.17, 15) is 4.79 Å². The first-order valence-electron chi connectivity index (χ1n) is 8.67. The molecule has 1 aromatic heterocycles. The first-order valence-corrected chi connectivity index (χ1v) is 9.05. The maximum Gasteiger partial charge on any atom is 0.224 e. The van der Waals surface area contributed by atoms with Gasteiger partial charge in [-0.25, -0.2) is 0 Å². The number of benzene rings is 1. The van der Waals surface area contributed by atoms with Crippen molar-refractivity contribution >= 4 is 17.5 Å². The molecule has 0 aliphatic carbocycles. The Bertz CT molecular complexity index is 754. The van der Waals surface area contributed by atoms with Crippen LogP contribution in [-0.4, -0.2) is 45.1 Å². The highest BCUT2D eigenvalue weighted by Gasteiger charge is 2.23. The van der Waals surface area contributed by atoms with E-state index < -0.39 is 0 Å². The molecule has 3 rings (SSSR count). The molecule has 1 saturated heterocycles. The topological polar surface area (TPSA) is 41.4 Å². The molecule has 0 saturated carbocycles. The number of hydrogen-bond donors (Lipinski definition) is 0. The summed E-state index contributed by atoms with van der Waals surface area (Å²) in [6.07, 6.45) is 0.544. The van der Waals surface area contributed by atoms with E-state index >= 15 is 0 Å². The van der Waals surface area contributed by atoms with Gasteiger partial charge in [-0.15, -0.1) is 0 Å². The van der Waals surface area contributed by atoms with Gasteiger partial charge >= 0.3 is 0 Å². The van der Waals surface area contributed by atoms with Crippen LogP contribution in [0, 0.1) is 13.8 Å². The third-order valence-electron chi connectivity index (χ3n) is 4.83. The number of carbonyl (C=O) groups is 1. The zero-order valence-corrected chi connectivity index (χ0v) is 15.9. The number of hydrogen-bond acceptors (Lipinski definition) is 3. The van der Waals surface area contributed by atoms with Crippen LogP contribution in [0.5, 0.6) is 0 Å². The molecular formula is C19H25ClN4O. The van der Waals surface area contributed by atoms with Crippen molar-refractivity contribution in [2.45, 2.75) is 33.4 Å². The molecule has 1 aromatic carbocycles. The fraction of sp³-hybridized carbons (Fsp3) is 0.474. The van der Waals surface area contributed by atoms with Crippen LogP contribution in [0.2, 0.25) is 5.15 Å². The summed E-state index contributed by atoms with van der Waals surface area (Å²) in [7, 11) is 1.86. The number of aromatic nitrogens is 2. The van der Waals surface area contributed by atoms with Crippen LogP contribution in [-0.2, 0) is 24.9 Å². The third-order valence-corrected chi connectivity index (χ3v) is 5.30. The second kappa shape index (κ2) is 7.58. The maximum absolute atomic E-state index is 12.5. The number of nitrogens with zero attached hydrogens (tertiary/aromatic N) is 4. The molecule has 1 aliphatic rings. The summed E-state index contributed by atoms with van der Waals surface area (Å²) in [5, 5.41) is 5.06. The number of aryl methyl sites for hydroxylation is 3. The molecule has 0 bridgehead atoms. The largest absolute Gasteiger partial charge is 0.337 e. The molecule has 6 heteroatoms. The average molecular weight is 361 g/mol. The van der Waals surface area contributed by atoms with Crippen molar-refractivity contribution in [1.29, 1.82) is 0 Å². The number of carbonyl (C=O) groups excluding carboxylic acids is 1. The van der Waals surface area contributed by atoms with Crippen LogP contribution in [0.15, 0.2) is 24.3 Å². The molecule has 1 aliphatic heterocycles. The maximum atomic E-state index is 12.5. The van der Waals surface area contributed by atoms with Crippen LogP contribution in [0.4, 0.5) is 0 Å². The quantitative estimate of drug-likeness (QED) is 0.841. The van der Waals surface area contributed by atoms with E-state index in [1.54, 1.807) is 4.68 Å². The van der Waals surface area contributed by atoms with Gasteiger partial charge in [-0.1, -0.05) is 41.4 Å². The molecule has 1 fully saturated rings. The van der Waals surface area contributed by atoms with Gasteiger partial charge in [-0.05, 0) is 19.4 Å². The lowest BCUT2D eigenvalue weighted by atomic mass is 10.1. The van der Waals surface area contributed by atoms with E-state index in [0.717, 1.165) is 37.4 Å². The summed E-state index contributed by atoms with van der Waals surface area (Å²) in [6, 6.07) is 8.39. The molecule has 0 spiro atoms. The second-order valence-corrected chi connectivity index (χ2v) is 7.16. The lowest BCUT2D eigenvalue weighted by molar-refractivity contribution is -0.130. The zero-order chi connectivity index (χ0) is 18.0. The van der Waals surface area contributed by atoms with Gasteiger partial charge in [0.15, 0.2) is 0 Å². The van der Waals surface area contributed by atoms with Crippen LogP contribution in [0.3, 0.4) is 0 Å². The Labute approximate surface area is 154 Å². The van der Waals surface area contributed by atoms with E-state index in [0.29, 0.717) is 18.1 Å². The Morgan fingerprint density at radius 2 is 1.80 bits per heavy atom.